The van der Waals surface area contributed by atoms with Crippen LogP contribution in [0.4, 0.5) is 0 Å². The molecule has 1 aliphatic carbocycles. The van der Waals surface area contributed by atoms with Gasteiger partial charge in [-0.2, -0.15) is 4.31 Å². The smallest absolute Gasteiger partial charge is 0.243 e. The molecule has 0 amide bonds. The van der Waals surface area contributed by atoms with Crippen LogP contribution in [0.2, 0.25) is 0 Å². The lowest BCUT2D eigenvalue weighted by molar-refractivity contribution is 0.0877. The zero-order valence-electron chi connectivity index (χ0n) is 14.8. The highest BCUT2D eigenvalue weighted by Gasteiger charge is 2.40. The lowest BCUT2D eigenvalue weighted by Crippen LogP contribution is -2.45. The number of hydrogen-bond donors (Lipinski definition) is 0. The van der Waals surface area contributed by atoms with Crippen molar-refractivity contribution in [2.24, 2.45) is 0 Å². The van der Waals surface area contributed by atoms with Gasteiger partial charge in [0.25, 0.3) is 0 Å². The normalized spacial score (nSPS) is 27.9. The van der Waals surface area contributed by atoms with Gasteiger partial charge in [-0.3, -0.25) is 0 Å². The van der Waals surface area contributed by atoms with E-state index in [4.69, 9.17) is 4.74 Å². The van der Waals surface area contributed by atoms with Gasteiger partial charge in [-0.05, 0) is 61.8 Å². The predicted molar refractivity (Wildman–Crippen MR) is 98.4 cm³/mol. The summed E-state index contributed by atoms with van der Waals surface area (Å²) >= 11 is 0. The Morgan fingerprint density at radius 2 is 1.92 bits per heavy atom. The third-order valence-electron chi connectivity index (χ3n) is 5.70. The Hall–Kier alpha value is -0.960. The first-order chi connectivity index (χ1) is 12.4. The van der Waals surface area contributed by atoms with Gasteiger partial charge in [0.05, 0.1) is 22.5 Å². The minimum absolute atomic E-state index is 0.0550. The Bertz CT molecular complexity index is 888. The summed E-state index contributed by atoms with van der Waals surface area (Å²) in [5.41, 5.74) is 2.32. The van der Waals surface area contributed by atoms with E-state index in [2.05, 4.69) is 0 Å². The second kappa shape index (κ2) is 6.89. The molecule has 0 radical (unpaired) electrons. The van der Waals surface area contributed by atoms with Crippen molar-refractivity contribution < 1.29 is 21.6 Å². The molecule has 6 nitrogen and oxygen atoms in total. The topological polar surface area (TPSA) is 80.8 Å². The number of fused-ring (bicyclic) bond motifs is 1. The highest BCUT2D eigenvalue weighted by Crippen LogP contribution is 2.30. The van der Waals surface area contributed by atoms with E-state index in [0.29, 0.717) is 13.0 Å². The summed E-state index contributed by atoms with van der Waals surface area (Å²) in [5.74, 6) is -0.0384. The lowest BCUT2D eigenvalue weighted by Gasteiger charge is -2.29. The predicted octanol–water partition coefficient (Wildman–Crippen LogP) is 1.53. The van der Waals surface area contributed by atoms with Crippen molar-refractivity contribution in [3.05, 3.63) is 29.3 Å². The van der Waals surface area contributed by atoms with Crippen LogP contribution in [-0.4, -0.2) is 57.9 Å². The van der Waals surface area contributed by atoms with Crippen LogP contribution in [0.3, 0.4) is 0 Å². The first-order valence-electron chi connectivity index (χ1n) is 9.31. The van der Waals surface area contributed by atoms with E-state index in [9.17, 15) is 16.8 Å². The fourth-order valence-electron chi connectivity index (χ4n) is 4.28. The largest absolute Gasteiger partial charge is 0.377 e. The maximum atomic E-state index is 13.4. The third-order valence-corrected chi connectivity index (χ3v) is 9.36. The van der Waals surface area contributed by atoms with Crippen LogP contribution >= 0.6 is 0 Å². The molecule has 3 aliphatic rings. The molecule has 4 rings (SSSR count). The zero-order chi connectivity index (χ0) is 18.4. The summed E-state index contributed by atoms with van der Waals surface area (Å²) < 4.78 is 57.7. The molecule has 1 aromatic rings. The summed E-state index contributed by atoms with van der Waals surface area (Å²) in [6.45, 7) is 0.875. The van der Waals surface area contributed by atoms with Gasteiger partial charge in [-0.15, -0.1) is 0 Å². The number of rotatable bonds is 5. The maximum Gasteiger partial charge on any atom is 0.243 e. The SMILES string of the molecule is O=S1(=O)CC[C@H](N(C[C@@H]2CCCO2)S(=O)(=O)c2ccc3c(c2)CCC3)C1. The van der Waals surface area contributed by atoms with Gasteiger partial charge in [-0.1, -0.05) is 6.07 Å². The highest BCUT2D eigenvalue weighted by molar-refractivity contribution is 7.92. The molecule has 0 N–H and O–H groups in total. The van der Waals surface area contributed by atoms with E-state index in [1.165, 1.54) is 9.87 Å². The van der Waals surface area contributed by atoms with Gasteiger partial charge < -0.3 is 4.74 Å². The second-order valence-electron chi connectivity index (χ2n) is 7.55. The summed E-state index contributed by atoms with van der Waals surface area (Å²) in [6, 6.07) is 4.86. The number of sulfone groups is 1. The van der Waals surface area contributed by atoms with Crippen LogP contribution in [-0.2, 0) is 37.4 Å². The van der Waals surface area contributed by atoms with Crippen LogP contribution in [0.25, 0.3) is 0 Å². The van der Waals surface area contributed by atoms with E-state index in [1.54, 1.807) is 12.1 Å². The van der Waals surface area contributed by atoms with Crippen molar-refractivity contribution >= 4 is 19.9 Å². The van der Waals surface area contributed by atoms with Crippen molar-refractivity contribution in [1.29, 1.82) is 0 Å². The molecule has 0 spiro atoms. The van der Waals surface area contributed by atoms with Crippen molar-refractivity contribution in [1.82, 2.24) is 4.31 Å². The van der Waals surface area contributed by atoms with Crippen molar-refractivity contribution in [3.63, 3.8) is 0 Å². The number of aryl methyl sites for hydroxylation is 2. The minimum Gasteiger partial charge on any atom is -0.377 e. The third kappa shape index (κ3) is 3.56. The Morgan fingerprint density at radius 1 is 1.12 bits per heavy atom. The van der Waals surface area contributed by atoms with E-state index in [-0.39, 0.29) is 29.0 Å². The molecule has 2 saturated heterocycles. The molecule has 1 aromatic carbocycles. The first-order valence-corrected chi connectivity index (χ1v) is 12.6. The van der Waals surface area contributed by atoms with E-state index in [0.717, 1.165) is 37.7 Å². The maximum absolute atomic E-state index is 13.4. The summed E-state index contributed by atoms with van der Waals surface area (Å²) in [6.07, 6.45) is 4.90. The standard InChI is InChI=1S/C18H25NO5S2/c20-25(21)10-8-16(13-25)19(12-17-5-2-9-24-17)26(22,23)18-7-6-14-3-1-4-15(14)11-18/h6-7,11,16-17H,1-5,8-10,12-13H2/t16-,17-/m0/s1. The van der Waals surface area contributed by atoms with E-state index in [1.807, 2.05) is 6.07 Å². The van der Waals surface area contributed by atoms with E-state index < -0.39 is 25.9 Å². The van der Waals surface area contributed by atoms with Crippen molar-refractivity contribution in [3.8, 4) is 0 Å². The Balaban J connectivity index is 1.67. The molecule has 8 heteroatoms. The molecule has 0 bridgehead atoms. The number of hydrogen-bond acceptors (Lipinski definition) is 5. The van der Waals surface area contributed by atoms with Crippen LogP contribution in [0, 0.1) is 0 Å². The molecule has 0 unspecified atom stereocenters. The molecular weight excluding hydrogens is 374 g/mol. The Labute approximate surface area is 155 Å². The van der Waals surface area contributed by atoms with Crippen LogP contribution in [0.1, 0.15) is 36.8 Å². The lowest BCUT2D eigenvalue weighted by atomic mass is 10.1. The van der Waals surface area contributed by atoms with E-state index >= 15 is 0 Å². The quantitative estimate of drug-likeness (QED) is 0.750. The zero-order valence-corrected chi connectivity index (χ0v) is 16.4. The van der Waals surface area contributed by atoms with Crippen LogP contribution in [0.5, 0.6) is 0 Å². The number of sulfonamides is 1. The first kappa shape index (κ1) is 18.4. The molecule has 2 atom stereocenters. The summed E-state index contributed by atoms with van der Waals surface area (Å²) in [4.78, 5) is 0.278. The summed E-state index contributed by atoms with van der Waals surface area (Å²) in [7, 11) is -6.93. The molecule has 144 valence electrons. The average Bonchev–Trinajstić information content (AvgIpc) is 3.32. The molecular formula is C18H25NO5S2. The average molecular weight is 400 g/mol. The molecule has 0 saturated carbocycles. The van der Waals surface area contributed by atoms with Gasteiger partial charge >= 0.3 is 0 Å². The van der Waals surface area contributed by atoms with Crippen molar-refractivity contribution in [2.75, 3.05) is 24.7 Å². The second-order valence-corrected chi connectivity index (χ2v) is 11.7. The molecule has 2 fully saturated rings. The van der Waals surface area contributed by atoms with Crippen molar-refractivity contribution in [2.45, 2.75) is 55.6 Å². The fraction of sp³-hybridized carbons (Fsp3) is 0.667. The monoisotopic (exact) mass is 399 g/mol. The van der Waals surface area contributed by atoms with Gasteiger partial charge in [0.2, 0.25) is 10.0 Å². The van der Waals surface area contributed by atoms with Crippen LogP contribution < -0.4 is 0 Å². The minimum atomic E-state index is -3.75. The Morgan fingerprint density at radius 3 is 2.62 bits per heavy atom. The molecule has 2 aliphatic heterocycles. The number of nitrogens with zero attached hydrogens (tertiary/aromatic N) is 1. The van der Waals surface area contributed by atoms with Gasteiger partial charge in [-0.25, -0.2) is 16.8 Å². The van der Waals surface area contributed by atoms with Gasteiger partial charge in [0, 0.05) is 19.2 Å². The fourth-order valence-corrected chi connectivity index (χ4v) is 7.84. The Kier molecular flexibility index (Phi) is 4.88. The summed E-state index contributed by atoms with van der Waals surface area (Å²) in [5, 5.41) is 0. The highest BCUT2D eigenvalue weighted by atomic mass is 32.2. The molecule has 0 aromatic heterocycles. The molecule has 2 heterocycles. The number of ether oxygens (including phenoxy) is 1. The molecule has 26 heavy (non-hydrogen) atoms. The number of benzene rings is 1. The van der Waals surface area contributed by atoms with Crippen LogP contribution in [0.15, 0.2) is 23.1 Å². The van der Waals surface area contributed by atoms with Gasteiger partial charge in [0.15, 0.2) is 9.84 Å². The van der Waals surface area contributed by atoms with Gasteiger partial charge in [0.1, 0.15) is 0 Å².